The van der Waals surface area contributed by atoms with E-state index in [0.29, 0.717) is 17.9 Å². The number of carbonyl (C=O) groups is 1. The number of aryl methyl sites for hydroxylation is 1. The third kappa shape index (κ3) is 5.21. The Labute approximate surface area is 223 Å². The lowest BCUT2D eigenvalue weighted by molar-refractivity contribution is 0.0935. The van der Waals surface area contributed by atoms with Crippen molar-refractivity contribution < 1.29 is 9.18 Å². The molecule has 11 heteroatoms. The second kappa shape index (κ2) is 10.5. The number of nitriles is 1. The molecule has 0 aliphatic heterocycles. The molecule has 1 amide bonds. The molecule has 3 aromatic heterocycles. The summed E-state index contributed by atoms with van der Waals surface area (Å²) in [6.07, 6.45) is 4.54. The first-order chi connectivity index (χ1) is 18.8. The highest BCUT2D eigenvalue weighted by atomic mass is 19.1. The molecular weight excluding hydrogens is 497 g/mol. The maximum absolute atomic E-state index is 13.7. The molecule has 194 valence electrons. The van der Waals surface area contributed by atoms with Crippen molar-refractivity contribution in [1.82, 2.24) is 29.9 Å². The van der Waals surface area contributed by atoms with E-state index in [9.17, 15) is 14.4 Å². The van der Waals surface area contributed by atoms with Crippen molar-refractivity contribution in [2.45, 2.75) is 26.4 Å². The molecule has 5 aromatic rings. The van der Waals surface area contributed by atoms with Gasteiger partial charge in [-0.05, 0) is 48.2 Å². The Morgan fingerprint density at radius 1 is 1.18 bits per heavy atom. The van der Waals surface area contributed by atoms with Crippen LogP contribution in [0.3, 0.4) is 0 Å². The second-order valence-corrected chi connectivity index (χ2v) is 8.99. The van der Waals surface area contributed by atoms with Crippen LogP contribution >= 0.6 is 0 Å². The number of amides is 1. The fourth-order valence-electron chi connectivity index (χ4n) is 4.22. The first-order valence-electron chi connectivity index (χ1n) is 12.1. The number of nitrogens with two attached hydrogens (primary N) is 1. The number of carbonyl (C=O) groups excluding carboxylic acids is 1. The number of hydrogen-bond donors (Lipinski definition) is 3. The first-order valence-corrected chi connectivity index (χ1v) is 12.1. The molecule has 5 rings (SSSR count). The smallest absolute Gasteiger partial charge is 0.274 e. The Bertz CT molecular complexity index is 1720. The quantitative estimate of drug-likeness (QED) is 0.289. The monoisotopic (exact) mass is 521 g/mol. The van der Waals surface area contributed by atoms with Gasteiger partial charge in [-0.2, -0.15) is 10.4 Å². The summed E-state index contributed by atoms with van der Waals surface area (Å²) >= 11 is 0. The van der Waals surface area contributed by atoms with E-state index in [1.54, 1.807) is 30.5 Å². The van der Waals surface area contributed by atoms with Crippen LogP contribution in [-0.2, 0) is 6.54 Å². The molecule has 3 heterocycles. The van der Waals surface area contributed by atoms with Crippen molar-refractivity contribution in [3.05, 3.63) is 101 Å². The molecule has 0 unspecified atom stereocenters. The lowest BCUT2D eigenvalue weighted by atomic mass is 10.0. The predicted octanol–water partition coefficient (Wildman–Crippen LogP) is 4.19. The average molecular weight is 522 g/mol. The summed E-state index contributed by atoms with van der Waals surface area (Å²) in [4.78, 5) is 25.6. The number of nitrogens with zero attached hydrogens (tertiary/aromatic N) is 6. The van der Waals surface area contributed by atoms with Crippen LogP contribution in [0.2, 0.25) is 0 Å². The number of anilines is 2. The summed E-state index contributed by atoms with van der Waals surface area (Å²) in [6.45, 7) is 3.80. The van der Waals surface area contributed by atoms with Gasteiger partial charge >= 0.3 is 0 Å². The van der Waals surface area contributed by atoms with Crippen LogP contribution < -0.4 is 16.4 Å². The summed E-state index contributed by atoms with van der Waals surface area (Å²) in [5.74, 6) is -0.192. The number of nitrogens with one attached hydrogen (secondary N) is 2. The lowest BCUT2D eigenvalue weighted by Gasteiger charge is -2.16. The van der Waals surface area contributed by atoms with Crippen molar-refractivity contribution in [2.24, 2.45) is 0 Å². The molecule has 0 aliphatic carbocycles. The minimum Gasteiger partial charge on any atom is -0.382 e. The van der Waals surface area contributed by atoms with Crippen LogP contribution in [0, 0.1) is 24.1 Å². The van der Waals surface area contributed by atoms with Crippen molar-refractivity contribution in [3.63, 3.8) is 0 Å². The van der Waals surface area contributed by atoms with Crippen LogP contribution in [0.15, 0.2) is 67.3 Å². The van der Waals surface area contributed by atoms with E-state index in [1.807, 2.05) is 42.6 Å². The minimum absolute atomic E-state index is 0.00731. The molecule has 0 radical (unpaired) electrons. The number of rotatable bonds is 7. The van der Waals surface area contributed by atoms with E-state index in [2.05, 4.69) is 30.7 Å². The normalized spacial score (nSPS) is 11.6. The maximum atomic E-state index is 13.7. The highest BCUT2D eigenvalue weighted by Crippen LogP contribution is 2.28. The molecule has 1 atom stereocenters. The van der Waals surface area contributed by atoms with Gasteiger partial charge in [-0.3, -0.25) is 4.79 Å². The summed E-state index contributed by atoms with van der Waals surface area (Å²) in [5.41, 5.74) is 10.8. The highest BCUT2D eigenvalue weighted by molar-refractivity contribution is 5.97. The number of hydrogen-bond acceptors (Lipinski definition) is 8. The minimum atomic E-state index is -0.507. The van der Waals surface area contributed by atoms with E-state index in [1.165, 1.54) is 18.6 Å². The second-order valence-electron chi connectivity index (χ2n) is 8.99. The molecule has 0 aliphatic rings. The average Bonchev–Trinajstić information content (AvgIpc) is 3.39. The molecule has 0 fully saturated rings. The van der Waals surface area contributed by atoms with Crippen molar-refractivity contribution in [2.75, 3.05) is 11.1 Å². The van der Waals surface area contributed by atoms with E-state index in [4.69, 9.17) is 5.73 Å². The van der Waals surface area contributed by atoms with Crippen LogP contribution in [0.4, 0.5) is 16.0 Å². The van der Waals surface area contributed by atoms with Gasteiger partial charge in [0.1, 0.15) is 23.7 Å². The molecule has 0 bridgehead atoms. The summed E-state index contributed by atoms with van der Waals surface area (Å²) in [5, 5.41) is 19.5. The van der Waals surface area contributed by atoms with Crippen molar-refractivity contribution in [1.29, 1.82) is 5.26 Å². The molecule has 0 saturated heterocycles. The molecule has 10 nitrogen and oxygen atoms in total. The molecule has 39 heavy (non-hydrogen) atoms. The number of nitrogen functional groups attached to an aromatic ring is 1. The van der Waals surface area contributed by atoms with Gasteiger partial charge in [0.2, 0.25) is 0 Å². The number of fused-ring (bicyclic) bond motifs is 1. The van der Waals surface area contributed by atoms with Crippen LogP contribution in [0.25, 0.3) is 16.6 Å². The largest absolute Gasteiger partial charge is 0.382 e. The topological polar surface area (TPSA) is 147 Å². The molecule has 0 saturated carbocycles. The zero-order valence-corrected chi connectivity index (χ0v) is 21.2. The summed E-state index contributed by atoms with van der Waals surface area (Å²) in [7, 11) is 0. The summed E-state index contributed by atoms with van der Waals surface area (Å²) < 4.78 is 15.3. The van der Waals surface area contributed by atoms with E-state index >= 15 is 0 Å². The molecule has 4 N–H and O–H groups in total. The fourth-order valence-corrected chi connectivity index (χ4v) is 4.22. The van der Waals surface area contributed by atoms with Gasteiger partial charge in [0.25, 0.3) is 5.91 Å². The lowest BCUT2D eigenvalue weighted by Crippen LogP contribution is -2.29. The van der Waals surface area contributed by atoms with Crippen LogP contribution in [-0.4, -0.2) is 30.5 Å². The SMILES string of the molecule is Cc1cc([C@H](C)NC(=O)c2nc(C#N)cnc2NCc2ccc(-c3ccn4ncnc(N)c34)cc2)ccc1F. The van der Waals surface area contributed by atoms with Crippen molar-refractivity contribution in [3.8, 4) is 17.2 Å². The Kier molecular flexibility index (Phi) is 6.84. The number of aromatic nitrogens is 5. The van der Waals surface area contributed by atoms with Gasteiger partial charge < -0.3 is 16.4 Å². The van der Waals surface area contributed by atoms with E-state index in [0.717, 1.165) is 27.8 Å². The van der Waals surface area contributed by atoms with Gasteiger partial charge in [-0.25, -0.2) is 23.9 Å². The zero-order valence-electron chi connectivity index (χ0n) is 21.2. The zero-order chi connectivity index (χ0) is 27.5. The fraction of sp³-hybridized carbons (Fsp3) is 0.143. The Hall–Kier alpha value is -5.37. The van der Waals surface area contributed by atoms with Gasteiger partial charge in [0.05, 0.1) is 12.2 Å². The molecule has 0 spiro atoms. The Morgan fingerprint density at radius 3 is 2.72 bits per heavy atom. The molecular formula is C28H24FN9O. The highest BCUT2D eigenvalue weighted by Gasteiger charge is 2.19. The van der Waals surface area contributed by atoms with Crippen molar-refractivity contribution >= 4 is 23.1 Å². The predicted molar refractivity (Wildman–Crippen MR) is 144 cm³/mol. The van der Waals surface area contributed by atoms with Gasteiger partial charge in [-0.15, -0.1) is 0 Å². The number of benzene rings is 2. The maximum Gasteiger partial charge on any atom is 0.274 e. The van der Waals surface area contributed by atoms with Gasteiger partial charge in [-0.1, -0.05) is 36.4 Å². The summed E-state index contributed by atoms with van der Waals surface area (Å²) in [6, 6.07) is 15.9. The molecule has 2 aromatic carbocycles. The van der Waals surface area contributed by atoms with E-state index < -0.39 is 11.9 Å². The van der Waals surface area contributed by atoms with Gasteiger partial charge in [0, 0.05) is 18.3 Å². The Morgan fingerprint density at radius 2 is 1.97 bits per heavy atom. The van der Waals surface area contributed by atoms with Crippen LogP contribution in [0.5, 0.6) is 0 Å². The van der Waals surface area contributed by atoms with E-state index in [-0.39, 0.29) is 23.0 Å². The van der Waals surface area contributed by atoms with Crippen LogP contribution in [0.1, 0.15) is 45.8 Å². The number of halogens is 1. The van der Waals surface area contributed by atoms with Gasteiger partial charge in [0.15, 0.2) is 23.0 Å². The standard InChI is InChI=1S/C28H24FN9O/c1-16-11-20(7-8-23(16)29)17(2)36-28(39)24-27(33-14-21(12-30)37-24)32-13-18-3-5-19(6-4-18)22-9-10-38-25(22)26(31)34-15-35-38/h3-11,14-15,17H,13H2,1-2H3,(H,32,33)(H,36,39)(H2,31,34,35)/t17-/m0/s1. The first kappa shape index (κ1) is 25.3. The Balaban J connectivity index is 1.32. The third-order valence-electron chi connectivity index (χ3n) is 6.34. The third-order valence-corrected chi connectivity index (χ3v) is 6.34.